The van der Waals surface area contributed by atoms with Gasteiger partial charge in [0, 0.05) is 18.3 Å². The topological polar surface area (TPSA) is 39.7 Å². The molecule has 0 spiro atoms. The van der Waals surface area contributed by atoms with Crippen LogP contribution in [-0.2, 0) is 22.5 Å². The molecule has 0 bridgehead atoms. The van der Waals surface area contributed by atoms with E-state index in [4.69, 9.17) is 14.2 Å². The van der Waals surface area contributed by atoms with Gasteiger partial charge in [0.1, 0.15) is 23.6 Å². The fourth-order valence-electron chi connectivity index (χ4n) is 4.25. The minimum Gasteiger partial charge on any atom is -0.485 e. The molecule has 1 aliphatic rings. The van der Waals surface area contributed by atoms with Gasteiger partial charge in [-0.15, -0.1) is 0 Å². The Morgan fingerprint density at radius 3 is 2.44 bits per heavy atom. The van der Waals surface area contributed by atoms with Gasteiger partial charge in [-0.1, -0.05) is 54.6 Å². The van der Waals surface area contributed by atoms with E-state index in [1.165, 1.54) is 16.7 Å². The highest BCUT2D eigenvalue weighted by molar-refractivity contribution is 5.53. The van der Waals surface area contributed by atoms with Crippen LogP contribution in [0.3, 0.4) is 0 Å². The fourth-order valence-corrected chi connectivity index (χ4v) is 4.25. The normalized spacial score (nSPS) is 19.1. The molecule has 168 valence electrons. The zero-order valence-electron chi connectivity index (χ0n) is 19.4. The molecule has 0 saturated heterocycles. The average Bonchev–Trinajstić information content (AvgIpc) is 2.79. The predicted octanol–water partition coefficient (Wildman–Crippen LogP) is 6.09. The monoisotopic (exact) mass is 431 g/mol. The highest BCUT2D eigenvalue weighted by Crippen LogP contribution is 2.44. The van der Waals surface area contributed by atoms with Crippen LogP contribution in [-0.4, -0.2) is 25.4 Å². The van der Waals surface area contributed by atoms with Crippen molar-refractivity contribution in [2.24, 2.45) is 0 Å². The number of hydrogen-bond donors (Lipinski definition) is 1. The minimum atomic E-state index is -0.533. The van der Waals surface area contributed by atoms with E-state index in [1.54, 1.807) is 0 Å². The molecule has 0 aromatic heterocycles. The molecule has 0 aliphatic carbocycles. The zero-order chi connectivity index (χ0) is 22.6. The lowest BCUT2D eigenvalue weighted by Gasteiger charge is -2.44. The van der Waals surface area contributed by atoms with Crippen molar-refractivity contribution in [1.29, 1.82) is 0 Å². The van der Waals surface area contributed by atoms with Gasteiger partial charge in [0.05, 0.1) is 13.2 Å². The average molecular weight is 432 g/mol. The molecule has 1 N–H and O–H groups in total. The lowest BCUT2D eigenvalue weighted by molar-refractivity contribution is -0.167. The van der Waals surface area contributed by atoms with Gasteiger partial charge in [-0.25, -0.2) is 0 Å². The van der Waals surface area contributed by atoms with Gasteiger partial charge >= 0.3 is 0 Å². The van der Waals surface area contributed by atoms with Gasteiger partial charge in [-0.2, -0.15) is 0 Å². The third-order valence-electron chi connectivity index (χ3n) is 6.15. The maximum Gasteiger partial charge on any atom is 0.132 e. The van der Waals surface area contributed by atoms with Crippen LogP contribution >= 0.6 is 0 Å². The van der Waals surface area contributed by atoms with E-state index in [1.807, 2.05) is 25.2 Å². The molecule has 4 nitrogen and oxygen atoms in total. The summed E-state index contributed by atoms with van der Waals surface area (Å²) in [6, 6.07) is 24.9. The van der Waals surface area contributed by atoms with Gasteiger partial charge < -0.3 is 19.5 Å². The Morgan fingerprint density at radius 1 is 0.938 bits per heavy atom. The van der Waals surface area contributed by atoms with E-state index < -0.39 is 5.60 Å². The maximum atomic E-state index is 6.55. The van der Waals surface area contributed by atoms with Crippen molar-refractivity contribution in [2.75, 3.05) is 19.0 Å². The standard InChI is InChI=1S/C28H33NO3/c1-20-10-8-9-13-22(20)19-31-27-26(30-17-16-21-11-6-5-7-12-21)24-18-23(29-4)14-15-25(24)32-28(27,2)3/h5-15,18,26-27,29H,16-17,19H2,1-4H3. The van der Waals surface area contributed by atoms with Crippen molar-refractivity contribution < 1.29 is 14.2 Å². The third kappa shape index (κ3) is 4.98. The first-order valence-electron chi connectivity index (χ1n) is 11.3. The molecule has 0 fully saturated rings. The second-order valence-electron chi connectivity index (χ2n) is 8.89. The summed E-state index contributed by atoms with van der Waals surface area (Å²) in [5, 5.41) is 3.23. The highest BCUT2D eigenvalue weighted by Gasteiger charge is 2.45. The fraction of sp³-hybridized carbons (Fsp3) is 0.357. The second kappa shape index (κ2) is 9.76. The Morgan fingerprint density at radius 2 is 1.69 bits per heavy atom. The van der Waals surface area contributed by atoms with Crippen molar-refractivity contribution in [1.82, 2.24) is 0 Å². The molecule has 0 radical (unpaired) electrons. The van der Waals surface area contributed by atoms with E-state index in [0.717, 1.165) is 23.4 Å². The van der Waals surface area contributed by atoms with Crippen molar-refractivity contribution in [3.05, 3.63) is 95.1 Å². The summed E-state index contributed by atoms with van der Waals surface area (Å²) < 4.78 is 19.5. The molecule has 2 unspecified atom stereocenters. The number of aryl methyl sites for hydroxylation is 1. The number of hydrogen-bond acceptors (Lipinski definition) is 4. The van der Waals surface area contributed by atoms with Crippen LogP contribution in [0.2, 0.25) is 0 Å². The summed E-state index contributed by atoms with van der Waals surface area (Å²) in [5.41, 5.74) is 5.19. The molecule has 3 aromatic rings. The maximum absolute atomic E-state index is 6.55. The van der Waals surface area contributed by atoms with Gasteiger partial charge in [0.25, 0.3) is 0 Å². The first kappa shape index (κ1) is 22.4. The number of benzene rings is 3. The first-order chi connectivity index (χ1) is 15.5. The molecule has 4 heteroatoms. The Balaban J connectivity index is 1.60. The summed E-state index contributed by atoms with van der Waals surface area (Å²) in [4.78, 5) is 0. The van der Waals surface area contributed by atoms with Crippen LogP contribution < -0.4 is 10.1 Å². The van der Waals surface area contributed by atoms with Crippen LogP contribution in [0.15, 0.2) is 72.8 Å². The summed E-state index contributed by atoms with van der Waals surface area (Å²) in [5.74, 6) is 0.856. The summed E-state index contributed by atoms with van der Waals surface area (Å²) in [6.07, 6.45) is 0.372. The van der Waals surface area contributed by atoms with Crippen molar-refractivity contribution in [2.45, 2.75) is 51.6 Å². The van der Waals surface area contributed by atoms with E-state index in [-0.39, 0.29) is 12.2 Å². The molecule has 1 aliphatic heterocycles. The van der Waals surface area contributed by atoms with E-state index in [2.05, 4.69) is 80.7 Å². The van der Waals surface area contributed by atoms with Crippen LogP contribution in [0.25, 0.3) is 0 Å². The minimum absolute atomic E-state index is 0.227. The number of ether oxygens (including phenoxy) is 3. The van der Waals surface area contributed by atoms with Gasteiger partial charge in [-0.05, 0) is 62.1 Å². The van der Waals surface area contributed by atoms with Gasteiger partial charge in [0.2, 0.25) is 0 Å². The number of fused-ring (bicyclic) bond motifs is 1. The number of nitrogens with one attached hydrogen (secondary N) is 1. The Kier molecular flexibility index (Phi) is 6.83. The Bertz CT molecular complexity index is 1030. The summed E-state index contributed by atoms with van der Waals surface area (Å²) >= 11 is 0. The Hall–Kier alpha value is -2.82. The SMILES string of the molecule is CNc1ccc2c(c1)C(OCCc1ccccc1)C(OCc1ccccc1C)C(C)(C)O2. The molecule has 0 amide bonds. The van der Waals surface area contributed by atoms with Crippen LogP contribution in [0, 0.1) is 6.92 Å². The van der Waals surface area contributed by atoms with Crippen LogP contribution in [0.1, 0.15) is 42.2 Å². The summed E-state index contributed by atoms with van der Waals surface area (Å²) in [6.45, 7) is 7.40. The highest BCUT2D eigenvalue weighted by atomic mass is 16.6. The van der Waals surface area contributed by atoms with Crippen molar-refractivity contribution >= 4 is 5.69 Å². The van der Waals surface area contributed by atoms with Crippen LogP contribution in [0.5, 0.6) is 5.75 Å². The summed E-state index contributed by atoms with van der Waals surface area (Å²) in [7, 11) is 1.92. The molecule has 1 heterocycles. The largest absolute Gasteiger partial charge is 0.485 e. The quantitative estimate of drug-likeness (QED) is 0.468. The van der Waals surface area contributed by atoms with E-state index in [0.29, 0.717) is 13.2 Å². The van der Waals surface area contributed by atoms with Crippen molar-refractivity contribution in [3.63, 3.8) is 0 Å². The van der Waals surface area contributed by atoms with E-state index in [9.17, 15) is 0 Å². The molecule has 0 saturated carbocycles. The number of anilines is 1. The molecule has 2 atom stereocenters. The van der Waals surface area contributed by atoms with Crippen LogP contribution in [0.4, 0.5) is 5.69 Å². The molecule has 3 aromatic carbocycles. The molecular formula is C28H33NO3. The zero-order valence-corrected chi connectivity index (χ0v) is 19.4. The first-order valence-corrected chi connectivity index (χ1v) is 11.3. The molecular weight excluding hydrogens is 398 g/mol. The van der Waals surface area contributed by atoms with Gasteiger partial charge in [-0.3, -0.25) is 0 Å². The Labute approximate surface area is 191 Å². The predicted molar refractivity (Wildman–Crippen MR) is 129 cm³/mol. The van der Waals surface area contributed by atoms with E-state index >= 15 is 0 Å². The smallest absolute Gasteiger partial charge is 0.132 e. The van der Waals surface area contributed by atoms with Gasteiger partial charge in [0.15, 0.2) is 0 Å². The second-order valence-corrected chi connectivity index (χ2v) is 8.89. The molecule has 4 rings (SSSR count). The third-order valence-corrected chi connectivity index (χ3v) is 6.15. The lowest BCUT2D eigenvalue weighted by Crippen LogP contribution is -2.51. The number of rotatable bonds is 8. The lowest BCUT2D eigenvalue weighted by atomic mass is 9.87. The molecule has 32 heavy (non-hydrogen) atoms. The van der Waals surface area contributed by atoms with Crippen molar-refractivity contribution in [3.8, 4) is 5.75 Å².